The Morgan fingerprint density at radius 3 is 1.53 bits per heavy atom. The van der Waals surface area contributed by atoms with E-state index in [1.54, 1.807) is 30.3 Å². The first-order valence-electron chi connectivity index (χ1n) is 11.0. The Kier molecular flexibility index (Phi) is 5.59. The molecule has 36 heavy (non-hydrogen) atoms. The number of hydrogen-bond acceptors (Lipinski definition) is 5. The highest BCUT2D eigenvalue weighted by Crippen LogP contribution is 2.41. The summed E-state index contributed by atoms with van der Waals surface area (Å²) < 4.78 is 62.0. The molecule has 1 aliphatic carbocycles. The molecule has 0 bridgehead atoms. The predicted molar refractivity (Wildman–Crippen MR) is 137 cm³/mol. The number of aryl methyl sites for hydroxylation is 2. The van der Waals surface area contributed by atoms with Gasteiger partial charge in [-0.25, -0.2) is 12.7 Å². The Morgan fingerprint density at radius 1 is 0.611 bits per heavy atom. The van der Waals surface area contributed by atoms with Gasteiger partial charge in [-0.2, -0.15) is 8.42 Å². The van der Waals surface area contributed by atoms with E-state index in [0.29, 0.717) is 22.5 Å². The number of carbonyl (C=O) groups is 1. The quantitative estimate of drug-likeness (QED) is 0.316. The van der Waals surface area contributed by atoms with Gasteiger partial charge in [0.25, 0.3) is 20.1 Å². The molecule has 0 fully saturated rings. The molecule has 1 aliphatic rings. The molecule has 9 heteroatoms. The molecular formula is C27H21NO6S2. The number of fused-ring (bicyclic) bond motifs is 3. The minimum absolute atomic E-state index is 0.0797. The molecule has 5 rings (SSSR count). The van der Waals surface area contributed by atoms with Crippen LogP contribution in [-0.4, -0.2) is 27.2 Å². The van der Waals surface area contributed by atoms with E-state index in [9.17, 15) is 26.2 Å². The lowest BCUT2D eigenvalue weighted by Crippen LogP contribution is -2.27. The largest absolute Gasteiger partial charge is 0.294 e. The topological polar surface area (TPSA) is 109 Å². The molecule has 182 valence electrons. The molecule has 0 spiro atoms. The fourth-order valence-electron chi connectivity index (χ4n) is 4.43. The number of nitrogens with zero attached hydrogens (tertiary/aromatic N) is 1. The number of benzene rings is 4. The monoisotopic (exact) mass is 519 g/mol. The van der Waals surface area contributed by atoms with Crippen LogP contribution in [0.5, 0.6) is 0 Å². The summed E-state index contributed by atoms with van der Waals surface area (Å²) in [4.78, 5) is 12.7. The van der Waals surface area contributed by atoms with Crippen molar-refractivity contribution in [3.63, 3.8) is 0 Å². The molecule has 7 nitrogen and oxygen atoms in total. The van der Waals surface area contributed by atoms with Gasteiger partial charge in [-0.3, -0.25) is 9.35 Å². The zero-order valence-electron chi connectivity index (χ0n) is 19.3. The fourth-order valence-corrected chi connectivity index (χ4v) is 6.59. The van der Waals surface area contributed by atoms with Gasteiger partial charge in [-0.05, 0) is 72.5 Å². The van der Waals surface area contributed by atoms with Crippen LogP contribution in [0.1, 0.15) is 27.0 Å². The minimum atomic E-state index is -4.50. The molecule has 4 aromatic carbocycles. The molecule has 0 heterocycles. The second-order valence-electron chi connectivity index (χ2n) is 8.56. The lowest BCUT2D eigenvalue weighted by Gasteiger charge is -2.27. The van der Waals surface area contributed by atoms with E-state index < -0.39 is 30.8 Å². The van der Waals surface area contributed by atoms with Gasteiger partial charge in [0.2, 0.25) is 0 Å². The molecule has 0 aromatic heterocycles. The molecule has 0 radical (unpaired) electrons. The van der Waals surface area contributed by atoms with Crippen molar-refractivity contribution in [3.05, 3.63) is 107 Å². The maximum atomic E-state index is 14.1. The van der Waals surface area contributed by atoms with Crippen LogP contribution >= 0.6 is 0 Å². The van der Waals surface area contributed by atoms with Crippen molar-refractivity contribution in [1.29, 1.82) is 0 Å². The molecule has 4 aromatic rings. The minimum Gasteiger partial charge on any atom is -0.289 e. The molecule has 0 saturated heterocycles. The number of hydrogen-bond donors (Lipinski definition) is 1. The molecular weight excluding hydrogens is 498 g/mol. The van der Waals surface area contributed by atoms with Crippen molar-refractivity contribution >= 4 is 37.3 Å². The average Bonchev–Trinajstić information content (AvgIpc) is 3.12. The first kappa shape index (κ1) is 23.9. The zero-order chi connectivity index (χ0) is 25.8. The molecule has 0 aliphatic heterocycles. The van der Waals surface area contributed by atoms with Crippen LogP contribution in [0.3, 0.4) is 0 Å². The Balaban J connectivity index is 1.67. The molecule has 0 saturated carbocycles. The van der Waals surface area contributed by atoms with Gasteiger partial charge in [0, 0.05) is 11.1 Å². The van der Waals surface area contributed by atoms with E-state index in [-0.39, 0.29) is 16.0 Å². The van der Waals surface area contributed by atoms with Crippen molar-refractivity contribution in [3.8, 4) is 11.1 Å². The van der Waals surface area contributed by atoms with Gasteiger partial charge in [0.05, 0.1) is 21.2 Å². The van der Waals surface area contributed by atoms with E-state index in [4.69, 9.17) is 0 Å². The smallest absolute Gasteiger partial charge is 0.289 e. The predicted octanol–water partition coefficient (Wildman–Crippen LogP) is 5.29. The number of sulfonamides is 1. The van der Waals surface area contributed by atoms with E-state index in [2.05, 4.69) is 0 Å². The number of para-hydroxylation sites is 2. The van der Waals surface area contributed by atoms with E-state index in [1.807, 2.05) is 38.1 Å². The van der Waals surface area contributed by atoms with E-state index in [1.165, 1.54) is 28.6 Å². The second-order valence-corrected chi connectivity index (χ2v) is 11.8. The van der Waals surface area contributed by atoms with E-state index in [0.717, 1.165) is 17.2 Å². The summed E-state index contributed by atoms with van der Waals surface area (Å²) in [5, 5.41) is 0. The molecule has 0 amide bonds. The lowest BCUT2D eigenvalue weighted by molar-refractivity contribution is 0.104. The highest BCUT2D eigenvalue weighted by molar-refractivity contribution is 7.93. The summed E-state index contributed by atoms with van der Waals surface area (Å²) in [5.41, 5.74) is 3.69. The zero-order valence-corrected chi connectivity index (χ0v) is 21.0. The van der Waals surface area contributed by atoms with Crippen molar-refractivity contribution in [2.75, 3.05) is 4.31 Å². The molecule has 1 N–H and O–H groups in total. The van der Waals surface area contributed by atoms with Crippen LogP contribution < -0.4 is 4.31 Å². The van der Waals surface area contributed by atoms with Gasteiger partial charge >= 0.3 is 0 Å². The maximum absolute atomic E-state index is 14.1. The van der Waals surface area contributed by atoms with Crippen molar-refractivity contribution in [2.45, 2.75) is 23.6 Å². The Morgan fingerprint density at radius 2 is 1.06 bits per heavy atom. The highest BCUT2D eigenvalue weighted by Gasteiger charge is 2.33. The lowest BCUT2D eigenvalue weighted by atomic mass is 10.1. The van der Waals surface area contributed by atoms with Gasteiger partial charge in [-0.1, -0.05) is 48.5 Å². The van der Waals surface area contributed by atoms with Crippen LogP contribution in [0.4, 0.5) is 11.4 Å². The summed E-state index contributed by atoms with van der Waals surface area (Å²) in [6, 6.07) is 22.3. The second kappa shape index (κ2) is 8.41. The Labute approximate surface area is 209 Å². The first-order chi connectivity index (χ1) is 17.0. The first-order valence-corrected chi connectivity index (χ1v) is 13.9. The van der Waals surface area contributed by atoms with Crippen LogP contribution in [0.2, 0.25) is 0 Å². The number of rotatable bonds is 5. The van der Waals surface area contributed by atoms with Gasteiger partial charge in [0.15, 0.2) is 5.78 Å². The summed E-state index contributed by atoms with van der Waals surface area (Å²) in [5.74, 6) is -0.513. The van der Waals surface area contributed by atoms with Gasteiger partial charge in [-0.15, -0.1) is 0 Å². The number of anilines is 2. The fraction of sp³-hybridized carbons (Fsp3) is 0.0741. The van der Waals surface area contributed by atoms with Gasteiger partial charge < -0.3 is 0 Å². The normalized spacial score (nSPS) is 12.8. The summed E-state index contributed by atoms with van der Waals surface area (Å²) in [7, 11) is -8.67. The van der Waals surface area contributed by atoms with Crippen molar-refractivity contribution in [2.24, 2.45) is 0 Å². The SMILES string of the molecule is Cc1ccccc1N(c1ccccc1C)S(=O)(=O)c1ccc2c(c1)C(=O)c1cc(S(=O)(=O)O)ccc1-2. The summed E-state index contributed by atoms with van der Waals surface area (Å²) in [6.07, 6.45) is 0. The van der Waals surface area contributed by atoms with Crippen LogP contribution in [0.15, 0.2) is 94.7 Å². The van der Waals surface area contributed by atoms with Crippen molar-refractivity contribution in [1.82, 2.24) is 0 Å². The van der Waals surface area contributed by atoms with Gasteiger partial charge in [0.1, 0.15) is 0 Å². The van der Waals surface area contributed by atoms with Crippen LogP contribution in [0, 0.1) is 13.8 Å². The third kappa shape index (κ3) is 3.81. The maximum Gasteiger partial charge on any atom is 0.294 e. The Bertz CT molecular complexity index is 1730. The van der Waals surface area contributed by atoms with Crippen molar-refractivity contribution < 1.29 is 26.2 Å². The van der Waals surface area contributed by atoms with Crippen LogP contribution in [-0.2, 0) is 20.1 Å². The molecule has 0 unspecified atom stereocenters. The third-order valence-electron chi connectivity index (χ3n) is 6.27. The highest BCUT2D eigenvalue weighted by atomic mass is 32.2. The number of ketones is 1. The molecule has 0 atom stereocenters. The average molecular weight is 520 g/mol. The van der Waals surface area contributed by atoms with E-state index >= 15 is 0 Å². The summed E-state index contributed by atoms with van der Waals surface area (Å²) in [6.45, 7) is 3.65. The third-order valence-corrected chi connectivity index (χ3v) is 8.84. The standard InChI is InChI=1S/C27H21NO6S2/c1-17-7-3-5-9-25(17)28(26-10-6-4-8-18(26)2)35(30,31)19-11-13-21-22-14-12-20(36(32,33)34)16-24(22)27(29)23(21)15-19/h3-16H,1-2H3,(H,32,33,34). The Hall–Kier alpha value is -3.79. The number of carbonyl (C=O) groups excluding carboxylic acids is 1. The summed E-state index contributed by atoms with van der Waals surface area (Å²) >= 11 is 0. The van der Waals surface area contributed by atoms with Crippen LogP contribution in [0.25, 0.3) is 11.1 Å².